The molecule has 1 aromatic carbocycles. The van der Waals surface area contributed by atoms with Crippen molar-refractivity contribution in [1.29, 1.82) is 0 Å². The van der Waals surface area contributed by atoms with Gasteiger partial charge in [0.2, 0.25) is 5.91 Å². The van der Waals surface area contributed by atoms with Crippen molar-refractivity contribution in [3.63, 3.8) is 0 Å². The van der Waals surface area contributed by atoms with Gasteiger partial charge in [0.15, 0.2) is 11.6 Å². The summed E-state index contributed by atoms with van der Waals surface area (Å²) in [5.74, 6) is -1.23. The second-order valence-electron chi connectivity index (χ2n) is 4.53. The number of thioether (sulfide) groups is 1. The van der Waals surface area contributed by atoms with Gasteiger partial charge in [-0.15, -0.1) is 11.8 Å². The van der Waals surface area contributed by atoms with Crippen LogP contribution in [0.25, 0.3) is 0 Å². The molecular formula is C14H15F2N3OS. The van der Waals surface area contributed by atoms with Crippen molar-refractivity contribution in [3.8, 4) is 0 Å². The molecule has 0 aliphatic heterocycles. The Labute approximate surface area is 125 Å². The molecule has 4 nitrogen and oxygen atoms in total. The maximum Gasteiger partial charge on any atom is 0.223 e. The van der Waals surface area contributed by atoms with Gasteiger partial charge in [0, 0.05) is 42.4 Å². The van der Waals surface area contributed by atoms with E-state index < -0.39 is 11.6 Å². The quantitative estimate of drug-likeness (QED) is 0.835. The molecule has 0 unspecified atom stereocenters. The molecule has 0 bridgehead atoms. The molecule has 21 heavy (non-hydrogen) atoms. The first-order valence-electron chi connectivity index (χ1n) is 6.35. The normalized spacial score (nSPS) is 10.6. The Morgan fingerprint density at radius 1 is 1.38 bits per heavy atom. The number of nitrogens with zero attached hydrogens (tertiary/aromatic N) is 2. The van der Waals surface area contributed by atoms with E-state index in [0.717, 1.165) is 17.7 Å². The summed E-state index contributed by atoms with van der Waals surface area (Å²) in [7, 11) is 1.72. The van der Waals surface area contributed by atoms with Crippen LogP contribution >= 0.6 is 11.8 Å². The second kappa shape index (κ2) is 7.21. The summed E-state index contributed by atoms with van der Waals surface area (Å²) in [5, 5.41) is 6.51. The number of nitrogens with one attached hydrogen (secondary N) is 1. The van der Waals surface area contributed by atoms with Crippen LogP contribution in [0.2, 0.25) is 0 Å². The van der Waals surface area contributed by atoms with Gasteiger partial charge in [-0.25, -0.2) is 8.78 Å². The lowest BCUT2D eigenvalue weighted by molar-refractivity contribution is -0.129. The zero-order chi connectivity index (χ0) is 15.2. The second-order valence-corrected chi connectivity index (χ2v) is 5.70. The van der Waals surface area contributed by atoms with Crippen molar-refractivity contribution in [1.82, 2.24) is 15.1 Å². The van der Waals surface area contributed by atoms with Crippen LogP contribution in [0.3, 0.4) is 0 Å². The van der Waals surface area contributed by atoms with Crippen molar-refractivity contribution < 1.29 is 13.6 Å². The third-order valence-corrected chi connectivity index (χ3v) is 3.87. The van der Waals surface area contributed by atoms with E-state index in [1.54, 1.807) is 24.3 Å². The van der Waals surface area contributed by atoms with Crippen LogP contribution in [0.4, 0.5) is 8.78 Å². The van der Waals surface area contributed by atoms with Gasteiger partial charge in [-0.2, -0.15) is 5.10 Å². The van der Waals surface area contributed by atoms with E-state index in [0.29, 0.717) is 23.6 Å². The van der Waals surface area contributed by atoms with E-state index in [2.05, 4.69) is 10.2 Å². The molecule has 0 aliphatic rings. The number of hydrogen-bond donors (Lipinski definition) is 1. The van der Waals surface area contributed by atoms with Gasteiger partial charge >= 0.3 is 0 Å². The number of carbonyl (C=O) groups is 1. The summed E-state index contributed by atoms with van der Waals surface area (Å²) < 4.78 is 25.8. The average molecular weight is 311 g/mol. The number of aromatic nitrogens is 2. The SMILES string of the molecule is CN(Cc1cn[nH]c1)C(=O)CCSc1ccc(F)c(F)c1. The minimum Gasteiger partial charge on any atom is -0.341 e. The molecule has 0 atom stereocenters. The lowest BCUT2D eigenvalue weighted by Crippen LogP contribution is -2.26. The zero-order valence-electron chi connectivity index (χ0n) is 11.5. The number of halogens is 2. The molecule has 0 radical (unpaired) electrons. The molecule has 0 spiro atoms. The third-order valence-electron chi connectivity index (χ3n) is 2.88. The average Bonchev–Trinajstić information content (AvgIpc) is 2.95. The van der Waals surface area contributed by atoms with Crippen LogP contribution < -0.4 is 0 Å². The molecule has 1 N–H and O–H groups in total. The first-order valence-corrected chi connectivity index (χ1v) is 7.34. The van der Waals surface area contributed by atoms with Crippen LogP contribution in [0.1, 0.15) is 12.0 Å². The summed E-state index contributed by atoms with van der Waals surface area (Å²) in [5.41, 5.74) is 0.930. The van der Waals surface area contributed by atoms with Crippen molar-refractivity contribution >= 4 is 17.7 Å². The summed E-state index contributed by atoms with van der Waals surface area (Å²) >= 11 is 1.32. The molecule has 0 saturated heterocycles. The van der Waals surface area contributed by atoms with Gasteiger partial charge in [-0.05, 0) is 18.2 Å². The van der Waals surface area contributed by atoms with Crippen LogP contribution in [-0.4, -0.2) is 33.8 Å². The molecule has 2 aromatic rings. The summed E-state index contributed by atoms with van der Waals surface area (Å²) in [4.78, 5) is 14.1. The molecule has 7 heteroatoms. The first-order chi connectivity index (χ1) is 10.1. The molecule has 1 heterocycles. The van der Waals surface area contributed by atoms with Crippen LogP contribution in [0.15, 0.2) is 35.5 Å². The number of H-pyrrole nitrogens is 1. The largest absolute Gasteiger partial charge is 0.341 e. The summed E-state index contributed by atoms with van der Waals surface area (Å²) in [6.07, 6.45) is 3.73. The third kappa shape index (κ3) is 4.56. The number of rotatable bonds is 6. The standard InChI is InChI=1S/C14H15F2N3OS/c1-19(9-10-7-17-18-8-10)14(20)4-5-21-11-2-3-12(15)13(16)6-11/h2-3,6-8H,4-5,9H2,1H3,(H,17,18). The topological polar surface area (TPSA) is 49.0 Å². The lowest BCUT2D eigenvalue weighted by atomic mass is 10.3. The highest BCUT2D eigenvalue weighted by Gasteiger charge is 2.10. The predicted octanol–water partition coefficient (Wildman–Crippen LogP) is 2.83. The summed E-state index contributed by atoms with van der Waals surface area (Å²) in [6, 6.07) is 3.73. The smallest absolute Gasteiger partial charge is 0.223 e. The fourth-order valence-corrected chi connectivity index (χ4v) is 2.60. The van der Waals surface area contributed by atoms with E-state index >= 15 is 0 Å². The Hall–Kier alpha value is -1.89. The van der Waals surface area contributed by atoms with E-state index in [-0.39, 0.29) is 5.91 Å². The van der Waals surface area contributed by atoms with Crippen molar-refractivity contribution in [2.75, 3.05) is 12.8 Å². The lowest BCUT2D eigenvalue weighted by Gasteiger charge is -2.15. The van der Waals surface area contributed by atoms with Crippen molar-refractivity contribution in [2.45, 2.75) is 17.9 Å². The van der Waals surface area contributed by atoms with E-state index in [1.165, 1.54) is 17.8 Å². The minimum atomic E-state index is -0.872. The molecule has 0 aliphatic carbocycles. The Morgan fingerprint density at radius 3 is 2.86 bits per heavy atom. The van der Waals surface area contributed by atoms with E-state index in [1.807, 2.05) is 0 Å². The molecule has 0 saturated carbocycles. The van der Waals surface area contributed by atoms with Crippen LogP contribution in [-0.2, 0) is 11.3 Å². The van der Waals surface area contributed by atoms with Gasteiger partial charge < -0.3 is 4.90 Å². The molecule has 112 valence electrons. The van der Waals surface area contributed by atoms with Gasteiger partial charge in [0.05, 0.1) is 6.20 Å². The predicted molar refractivity (Wildman–Crippen MR) is 76.8 cm³/mol. The van der Waals surface area contributed by atoms with Crippen molar-refractivity contribution in [2.24, 2.45) is 0 Å². The number of carbonyl (C=O) groups excluding carboxylic acids is 1. The fraction of sp³-hybridized carbons (Fsp3) is 0.286. The van der Waals surface area contributed by atoms with Crippen LogP contribution in [0.5, 0.6) is 0 Å². The minimum absolute atomic E-state index is 0.00807. The number of hydrogen-bond acceptors (Lipinski definition) is 3. The number of amides is 1. The van der Waals surface area contributed by atoms with Gasteiger partial charge in [0.25, 0.3) is 0 Å². The number of aromatic amines is 1. The fourth-order valence-electron chi connectivity index (χ4n) is 1.74. The highest BCUT2D eigenvalue weighted by molar-refractivity contribution is 7.99. The van der Waals surface area contributed by atoms with Crippen LogP contribution in [0, 0.1) is 11.6 Å². The van der Waals surface area contributed by atoms with E-state index in [4.69, 9.17) is 0 Å². The molecular weight excluding hydrogens is 296 g/mol. The maximum atomic E-state index is 13.0. The maximum absolute atomic E-state index is 13.0. The first kappa shape index (κ1) is 15.5. The molecule has 0 fully saturated rings. The molecule has 1 aromatic heterocycles. The van der Waals surface area contributed by atoms with E-state index in [9.17, 15) is 13.6 Å². The Bertz CT molecular complexity index is 604. The highest BCUT2D eigenvalue weighted by Crippen LogP contribution is 2.21. The zero-order valence-corrected chi connectivity index (χ0v) is 12.3. The highest BCUT2D eigenvalue weighted by atomic mass is 32.2. The van der Waals surface area contributed by atoms with Crippen molar-refractivity contribution in [3.05, 3.63) is 47.8 Å². The van der Waals surface area contributed by atoms with Gasteiger partial charge in [-0.1, -0.05) is 0 Å². The Balaban J connectivity index is 1.77. The van der Waals surface area contributed by atoms with Gasteiger partial charge in [-0.3, -0.25) is 9.89 Å². The Morgan fingerprint density at radius 2 is 2.19 bits per heavy atom. The summed E-state index contributed by atoms with van der Waals surface area (Å²) in [6.45, 7) is 0.491. The number of benzene rings is 1. The molecule has 2 rings (SSSR count). The Kier molecular flexibility index (Phi) is 5.32. The monoisotopic (exact) mass is 311 g/mol. The van der Waals surface area contributed by atoms with Gasteiger partial charge in [0.1, 0.15) is 0 Å². The molecule has 1 amide bonds.